The van der Waals surface area contributed by atoms with Gasteiger partial charge in [0.2, 0.25) is 5.91 Å². The standard InChI is InChI=1S/C15H12ClF2N3O2/c16-12-7-11(5-6-13(12)18)21-15(23)19-8-14(22)20-10-3-1-9(17)2-4-10/h1-7H,8H2,(H,20,22)(H2,19,21,23). The van der Waals surface area contributed by atoms with Gasteiger partial charge in [-0.25, -0.2) is 13.6 Å². The van der Waals surface area contributed by atoms with Gasteiger partial charge in [-0.15, -0.1) is 0 Å². The Morgan fingerprint density at radius 2 is 1.61 bits per heavy atom. The quantitative estimate of drug-likeness (QED) is 0.799. The predicted molar refractivity (Wildman–Crippen MR) is 83.5 cm³/mol. The van der Waals surface area contributed by atoms with E-state index in [0.29, 0.717) is 5.69 Å². The smallest absolute Gasteiger partial charge is 0.319 e. The van der Waals surface area contributed by atoms with Crippen LogP contribution >= 0.6 is 11.6 Å². The fourth-order valence-electron chi connectivity index (χ4n) is 1.65. The van der Waals surface area contributed by atoms with E-state index in [-0.39, 0.29) is 17.3 Å². The summed E-state index contributed by atoms with van der Waals surface area (Å²) >= 11 is 5.59. The van der Waals surface area contributed by atoms with Gasteiger partial charge in [0.1, 0.15) is 11.6 Å². The molecule has 0 bridgehead atoms. The van der Waals surface area contributed by atoms with Gasteiger partial charge in [-0.1, -0.05) is 11.6 Å². The maximum absolute atomic E-state index is 13.0. The average molecular weight is 340 g/mol. The Balaban J connectivity index is 1.80. The molecule has 0 unspecified atom stereocenters. The minimum atomic E-state index is -0.651. The minimum Gasteiger partial charge on any atom is -0.329 e. The third-order valence-corrected chi connectivity index (χ3v) is 3.00. The second-order valence-corrected chi connectivity index (χ2v) is 4.90. The van der Waals surface area contributed by atoms with Crippen LogP contribution in [0.2, 0.25) is 5.02 Å². The van der Waals surface area contributed by atoms with Crippen LogP contribution in [-0.2, 0) is 4.79 Å². The molecule has 0 radical (unpaired) electrons. The zero-order valence-electron chi connectivity index (χ0n) is 11.7. The van der Waals surface area contributed by atoms with Crippen molar-refractivity contribution in [2.45, 2.75) is 0 Å². The van der Waals surface area contributed by atoms with E-state index < -0.39 is 23.6 Å². The van der Waals surface area contributed by atoms with E-state index >= 15 is 0 Å². The summed E-state index contributed by atoms with van der Waals surface area (Å²) in [6, 6.07) is 8.24. The lowest BCUT2D eigenvalue weighted by molar-refractivity contribution is -0.115. The van der Waals surface area contributed by atoms with Crippen molar-refractivity contribution in [1.29, 1.82) is 0 Å². The van der Waals surface area contributed by atoms with Crippen LogP contribution in [0.1, 0.15) is 0 Å². The van der Waals surface area contributed by atoms with Crippen molar-refractivity contribution in [1.82, 2.24) is 5.32 Å². The third kappa shape index (κ3) is 5.23. The van der Waals surface area contributed by atoms with Gasteiger partial charge in [0.25, 0.3) is 0 Å². The van der Waals surface area contributed by atoms with Crippen molar-refractivity contribution in [3.63, 3.8) is 0 Å². The number of rotatable bonds is 4. The second kappa shape index (κ2) is 7.55. The van der Waals surface area contributed by atoms with E-state index in [9.17, 15) is 18.4 Å². The van der Waals surface area contributed by atoms with E-state index in [4.69, 9.17) is 11.6 Å². The van der Waals surface area contributed by atoms with Crippen molar-refractivity contribution in [2.75, 3.05) is 17.2 Å². The van der Waals surface area contributed by atoms with Gasteiger partial charge in [0, 0.05) is 11.4 Å². The predicted octanol–water partition coefficient (Wildman–Crippen LogP) is 3.38. The molecule has 8 heteroatoms. The van der Waals surface area contributed by atoms with Gasteiger partial charge in [0.05, 0.1) is 11.6 Å². The Labute approximate surface area is 135 Å². The summed E-state index contributed by atoms with van der Waals surface area (Å²) in [6.45, 7) is -0.294. The Morgan fingerprint density at radius 1 is 0.957 bits per heavy atom. The molecule has 0 spiro atoms. The number of nitrogens with one attached hydrogen (secondary N) is 3. The van der Waals surface area contributed by atoms with E-state index in [1.807, 2.05) is 0 Å². The number of benzene rings is 2. The lowest BCUT2D eigenvalue weighted by Crippen LogP contribution is -2.35. The maximum Gasteiger partial charge on any atom is 0.319 e. The SMILES string of the molecule is O=C(CNC(=O)Nc1ccc(F)c(Cl)c1)Nc1ccc(F)cc1. The number of amides is 3. The fraction of sp³-hybridized carbons (Fsp3) is 0.0667. The first-order valence-electron chi connectivity index (χ1n) is 6.49. The monoisotopic (exact) mass is 339 g/mol. The number of carbonyl (C=O) groups excluding carboxylic acids is 2. The van der Waals surface area contributed by atoms with Crippen molar-refractivity contribution < 1.29 is 18.4 Å². The number of anilines is 2. The number of urea groups is 1. The number of hydrogen-bond acceptors (Lipinski definition) is 2. The van der Waals surface area contributed by atoms with Crippen molar-refractivity contribution >= 4 is 34.9 Å². The first-order chi connectivity index (χ1) is 10.9. The molecule has 0 saturated heterocycles. The molecule has 0 aliphatic rings. The van der Waals surface area contributed by atoms with E-state index in [0.717, 1.165) is 6.07 Å². The molecule has 120 valence electrons. The molecular formula is C15H12ClF2N3O2. The lowest BCUT2D eigenvalue weighted by atomic mass is 10.3. The van der Waals surface area contributed by atoms with E-state index in [2.05, 4.69) is 16.0 Å². The van der Waals surface area contributed by atoms with Crippen molar-refractivity contribution in [2.24, 2.45) is 0 Å². The summed E-state index contributed by atoms with van der Waals surface area (Å²) < 4.78 is 25.7. The van der Waals surface area contributed by atoms with Crippen LogP contribution in [0.25, 0.3) is 0 Å². The van der Waals surface area contributed by atoms with Gasteiger partial charge in [0.15, 0.2) is 0 Å². The normalized spacial score (nSPS) is 10.0. The number of hydrogen-bond donors (Lipinski definition) is 3. The largest absolute Gasteiger partial charge is 0.329 e. The summed E-state index contributed by atoms with van der Waals surface area (Å²) in [6.07, 6.45) is 0. The molecule has 0 aliphatic heterocycles. The third-order valence-electron chi connectivity index (χ3n) is 2.71. The molecule has 0 saturated carbocycles. The van der Waals surface area contributed by atoms with Crippen LogP contribution in [0.15, 0.2) is 42.5 Å². The van der Waals surface area contributed by atoms with Gasteiger partial charge in [-0.3, -0.25) is 4.79 Å². The first-order valence-corrected chi connectivity index (χ1v) is 6.87. The molecule has 0 fully saturated rings. The zero-order chi connectivity index (χ0) is 16.8. The summed E-state index contributed by atoms with van der Waals surface area (Å²) in [7, 11) is 0. The Hall–Kier alpha value is -2.67. The van der Waals surface area contributed by atoms with Gasteiger partial charge in [-0.05, 0) is 42.5 Å². The lowest BCUT2D eigenvalue weighted by Gasteiger charge is -2.09. The topological polar surface area (TPSA) is 70.2 Å². The molecule has 3 N–H and O–H groups in total. The van der Waals surface area contributed by atoms with Crippen LogP contribution in [0.3, 0.4) is 0 Å². The highest BCUT2D eigenvalue weighted by molar-refractivity contribution is 6.31. The molecular weight excluding hydrogens is 328 g/mol. The molecule has 0 heterocycles. The van der Waals surface area contributed by atoms with Gasteiger partial charge in [-0.2, -0.15) is 0 Å². The fourth-order valence-corrected chi connectivity index (χ4v) is 1.83. The molecule has 2 aromatic carbocycles. The Kier molecular flexibility index (Phi) is 5.48. The van der Waals surface area contributed by atoms with Crippen LogP contribution in [0.5, 0.6) is 0 Å². The first kappa shape index (κ1) is 16.7. The Bertz CT molecular complexity index is 723. The molecule has 3 amide bonds. The van der Waals surface area contributed by atoms with Crippen LogP contribution in [-0.4, -0.2) is 18.5 Å². The number of halogens is 3. The summed E-state index contributed by atoms with van der Waals surface area (Å²) in [4.78, 5) is 23.3. The van der Waals surface area contributed by atoms with Gasteiger partial charge < -0.3 is 16.0 Å². The van der Waals surface area contributed by atoms with Crippen LogP contribution in [0, 0.1) is 11.6 Å². The molecule has 5 nitrogen and oxygen atoms in total. The summed E-state index contributed by atoms with van der Waals surface area (Å²) in [5, 5.41) is 7.09. The van der Waals surface area contributed by atoms with Gasteiger partial charge >= 0.3 is 6.03 Å². The average Bonchev–Trinajstić information content (AvgIpc) is 2.51. The molecule has 2 aromatic rings. The van der Waals surface area contributed by atoms with Crippen LogP contribution in [0.4, 0.5) is 25.0 Å². The molecule has 23 heavy (non-hydrogen) atoms. The molecule has 0 aliphatic carbocycles. The highest BCUT2D eigenvalue weighted by atomic mass is 35.5. The van der Waals surface area contributed by atoms with E-state index in [1.54, 1.807) is 0 Å². The molecule has 0 atom stereocenters. The Morgan fingerprint density at radius 3 is 2.26 bits per heavy atom. The highest BCUT2D eigenvalue weighted by Crippen LogP contribution is 2.19. The van der Waals surface area contributed by atoms with Crippen molar-refractivity contribution in [3.05, 3.63) is 59.1 Å². The van der Waals surface area contributed by atoms with E-state index in [1.165, 1.54) is 36.4 Å². The minimum absolute atomic E-state index is 0.128. The van der Waals surface area contributed by atoms with Crippen LogP contribution < -0.4 is 16.0 Å². The number of carbonyl (C=O) groups is 2. The highest BCUT2D eigenvalue weighted by Gasteiger charge is 2.07. The summed E-state index contributed by atoms with van der Waals surface area (Å²) in [5.41, 5.74) is 0.691. The maximum atomic E-state index is 13.0. The molecule has 2 rings (SSSR count). The second-order valence-electron chi connectivity index (χ2n) is 4.49. The zero-order valence-corrected chi connectivity index (χ0v) is 12.5. The molecule has 0 aromatic heterocycles. The summed E-state index contributed by atoms with van der Waals surface area (Å²) in [5.74, 6) is -1.50. The van der Waals surface area contributed by atoms with Crippen molar-refractivity contribution in [3.8, 4) is 0 Å².